The summed E-state index contributed by atoms with van der Waals surface area (Å²) in [6.07, 6.45) is 1.96. The molecule has 0 amide bonds. The molecule has 1 atom stereocenters. The van der Waals surface area contributed by atoms with Crippen LogP contribution in [-0.2, 0) is 6.54 Å². The van der Waals surface area contributed by atoms with E-state index in [-0.39, 0.29) is 11.7 Å². The average Bonchev–Trinajstić information content (AvgIpc) is 2.34. The number of aromatic nitrogens is 2. The van der Waals surface area contributed by atoms with Crippen LogP contribution in [-0.4, -0.2) is 39.0 Å². The molecule has 1 unspecified atom stereocenters. The third kappa shape index (κ3) is 2.15. The predicted molar refractivity (Wildman–Crippen MR) is 69.3 cm³/mol. The predicted octanol–water partition coefficient (Wildman–Crippen LogP) is 0.159. The lowest BCUT2D eigenvalue weighted by Crippen LogP contribution is -2.42. The first-order valence-electron chi connectivity index (χ1n) is 5.63. The molecule has 0 bridgehead atoms. The first-order chi connectivity index (χ1) is 8.56. The number of rotatable bonds is 3. The number of carbonyl (C=O) groups is 1. The third-order valence-corrected chi connectivity index (χ3v) is 3.55. The maximum atomic E-state index is 12.0. The number of aromatic hydroxyl groups is 1. The number of hydrogen-bond acceptors (Lipinski definition) is 6. The highest BCUT2D eigenvalue weighted by Gasteiger charge is 2.26. The molecule has 0 fully saturated rings. The molecule has 1 aliphatic heterocycles. The van der Waals surface area contributed by atoms with Crippen molar-refractivity contribution in [2.24, 2.45) is 0 Å². The Kier molecular flexibility index (Phi) is 3.72. The number of nitrogens with one attached hydrogen (secondary N) is 1. The van der Waals surface area contributed by atoms with Crippen LogP contribution in [0.3, 0.4) is 0 Å². The molecule has 6 nitrogen and oxygen atoms in total. The van der Waals surface area contributed by atoms with Crippen molar-refractivity contribution >= 4 is 17.5 Å². The highest BCUT2D eigenvalue weighted by molar-refractivity contribution is 7.98. The Bertz CT molecular complexity index is 541. The van der Waals surface area contributed by atoms with Crippen molar-refractivity contribution in [1.29, 1.82) is 0 Å². The Hall–Kier alpha value is -1.34. The normalized spacial score (nSPS) is 18.4. The minimum absolute atomic E-state index is 0.0693. The summed E-state index contributed by atoms with van der Waals surface area (Å²) >= 11 is 1.63. The summed E-state index contributed by atoms with van der Waals surface area (Å²) in [5.41, 5.74) is -0.668. The molecule has 0 radical (unpaired) electrons. The van der Waals surface area contributed by atoms with Crippen molar-refractivity contribution in [2.45, 2.75) is 19.5 Å². The summed E-state index contributed by atoms with van der Waals surface area (Å²) < 4.78 is 1.44. The Labute approximate surface area is 108 Å². The van der Waals surface area contributed by atoms with Gasteiger partial charge >= 0.3 is 0 Å². The molecule has 1 aromatic heterocycles. The van der Waals surface area contributed by atoms with Crippen LogP contribution in [0.4, 0.5) is 0 Å². The molecule has 0 aromatic carbocycles. The van der Waals surface area contributed by atoms with Gasteiger partial charge in [-0.05, 0) is 6.26 Å². The molecule has 0 aliphatic carbocycles. The first kappa shape index (κ1) is 13.1. The van der Waals surface area contributed by atoms with Gasteiger partial charge in [-0.15, -0.1) is 0 Å². The van der Waals surface area contributed by atoms with E-state index in [1.54, 1.807) is 11.8 Å². The van der Waals surface area contributed by atoms with Crippen molar-refractivity contribution in [2.75, 3.05) is 18.6 Å². The molecule has 2 N–H and O–H groups in total. The van der Waals surface area contributed by atoms with Crippen LogP contribution in [0.5, 0.6) is 5.75 Å². The van der Waals surface area contributed by atoms with Crippen molar-refractivity contribution in [3.63, 3.8) is 0 Å². The minimum Gasteiger partial charge on any atom is -0.501 e. The van der Waals surface area contributed by atoms with Crippen LogP contribution in [0.1, 0.15) is 29.3 Å². The molecule has 0 saturated heterocycles. The minimum atomic E-state index is -0.545. The largest absolute Gasteiger partial charge is 0.501 e. The van der Waals surface area contributed by atoms with E-state index in [9.17, 15) is 14.7 Å². The number of nitrogens with zero attached hydrogens (tertiary/aromatic N) is 2. The second-order valence-electron chi connectivity index (χ2n) is 4.14. The van der Waals surface area contributed by atoms with Crippen LogP contribution >= 0.6 is 11.8 Å². The highest BCUT2D eigenvalue weighted by atomic mass is 32.2. The Balaban J connectivity index is 2.60. The summed E-state index contributed by atoms with van der Waals surface area (Å²) in [5.74, 6) is 0.343. The molecule has 1 aliphatic rings. The van der Waals surface area contributed by atoms with Crippen LogP contribution in [0, 0.1) is 0 Å². The van der Waals surface area contributed by atoms with E-state index in [0.29, 0.717) is 18.9 Å². The standard InChI is InChI=1S/C11H15N3O3S/c1-6(15)8-9(16)11(17)14-4-3-12-7(5-18-2)10(14)13-8/h7,12,16H,3-5H2,1-2H3. The van der Waals surface area contributed by atoms with Gasteiger partial charge in [0, 0.05) is 25.8 Å². The fourth-order valence-corrected chi connectivity index (χ4v) is 2.63. The quantitative estimate of drug-likeness (QED) is 0.760. The van der Waals surface area contributed by atoms with Crippen molar-refractivity contribution < 1.29 is 9.90 Å². The van der Waals surface area contributed by atoms with E-state index in [4.69, 9.17) is 0 Å². The zero-order valence-corrected chi connectivity index (χ0v) is 11.1. The average molecular weight is 269 g/mol. The van der Waals surface area contributed by atoms with E-state index in [1.807, 2.05) is 6.26 Å². The zero-order chi connectivity index (χ0) is 13.3. The molecule has 2 heterocycles. The van der Waals surface area contributed by atoms with Crippen molar-refractivity contribution in [1.82, 2.24) is 14.9 Å². The summed E-state index contributed by atoms with van der Waals surface area (Å²) in [6, 6.07) is -0.0693. The monoisotopic (exact) mass is 269 g/mol. The fraction of sp³-hybridized carbons (Fsp3) is 0.545. The molecule has 0 spiro atoms. The fourth-order valence-electron chi connectivity index (χ4n) is 2.03. The maximum Gasteiger partial charge on any atom is 0.296 e. The van der Waals surface area contributed by atoms with Gasteiger partial charge in [-0.25, -0.2) is 4.98 Å². The first-order valence-corrected chi connectivity index (χ1v) is 7.02. The van der Waals surface area contributed by atoms with E-state index in [2.05, 4.69) is 10.3 Å². The van der Waals surface area contributed by atoms with Gasteiger partial charge in [0.25, 0.3) is 5.56 Å². The van der Waals surface area contributed by atoms with Crippen LogP contribution < -0.4 is 10.9 Å². The molecule has 0 saturated carbocycles. The lowest BCUT2D eigenvalue weighted by molar-refractivity contribution is 0.100. The highest BCUT2D eigenvalue weighted by Crippen LogP contribution is 2.20. The number of Topliss-reactive ketones (excluding diaryl/α,β-unsaturated/α-hetero) is 1. The van der Waals surface area contributed by atoms with E-state index in [1.165, 1.54) is 11.5 Å². The molecule has 2 rings (SSSR count). The number of fused-ring (bicyclic) bond motifs is 1. The van der Waals surface area contributed by atoms with E-state index in [0.717, 1.165) is 5.75 Å². The number of carbonyl (C=O) groups excluding carboxylic acids is 1. The molecule has 7 heteroatoms. The summed E-state index contributed by atoms with van der Waals surface area (Å²) in [6.45, 7) is 2.40. The van der Waals surface area contributed by atoms with E-state index >= 15 is 0 Å². The van der Waals surface area contributed by atoms with E-state index < -0.39 is 17.1 Å². The van der Waals surface area contributed by atoms with Crippen molar-refractivity contribution in [3.05, 3.63) is 21.9 Å². The molecule has 18 heavy (non-hydrogen) atoms. The topological polar surface area (TPSA) is 84.2 Å². The molecule has 1 aromatic rings. The van der Waals surface area contributed by atoms with Gasteiger partial charge in [0.1, 0.15) is 5.82 Å². The third-order valence-electron chi connectivity index (χ3n) is 2.88. The molecular weight excluding hydrogens is 254 g/mol. The van der Waals surface area contributed by atoms with Crippen LogP contribution in [0.15, 0.2) is 4.79 Å². The lowest BCUT2D eigenvalue weighted by atomic mass is 10.2. The second kappa shape index (κ2) is 5.11. The lowest BCUT2D eigenvalue weighted by Gasteiger charge is -2.27. The smallest absolute Gasteiger partial charge is 0.296 e. The zero-order valence-electron chi connectivity index (χ0n) is 10.3. The van der Waals surface area contributed by atoms with Gasteiger partial charge in [0.05, 0.1) is 6.04 Å². The number of ketones is 1. The molecular formula is C11H15N3O3S. The Morgan fingerprint density at radius 2 is 2.39 bits per heavy atom. The summed E-state index contributed by atoms with van der Waals surface area (Å²) in [7, 11) is 0. The van der Waals surface area contributed by atoms with Crippen molar-refractivity contribution in [3.8, 4) is 5.75 Å². The van der Waals surface area contributed by atoms with Crippen LogP contribution in [0.25, 0.3) is 0 Å². The second-order valence-corrected chi connectivity index (χ2v) is 5.05. The Morgan fingerprint density at radius 1 is 1.67 bits per heavy atom. The van der Waals surface area contributed by atoms with Gasteiger partial charge in [0.15, 0.2) is 11.5 Å². The maximum absolute atomic E-state index is 12.0. The summed E-state index contributed by atoms with van der Waals surface area (Å²) in [5, 5.41) is 13.0. The van der Waals surface area contributed by atoms with Gasteiger partial charge in [-0.2, -0.15) is 11.8 Å². The summed E-state index contributed by atoms with van der Waals surface area (Å²) in [4.78, 5) is 27.5. The Morgan fingerprint density at radius 3 is 3.00 bits per heavy atom. The molecule has 98 valence electrons. The number of hydrogen-bond donors (Lipinski definition) is 2. The number of thioether (sulfide) groups is 1. The van der Waals surface area contributed by atoms with Crippen LogP contribution in [0.2, 0.25) is 0 Å². The van der Waals surface area contributed by atoms with Gasteiger partial charge in [-0.3, -0.25) is 14.2 Å². The van der Waals surface area contributed by atoms with Gasteiger partial charge in [-0.1, -0.05) is 0 Å². The van der Waals surface area contributed by atoms with Gasteiger partial charge in [0.2, 0.25) is 5.75 Å². The van der Waals surface area contributed by atoms with Gasteiger partial charge < -0.3 is 10.4 Å². The SMILES string of the molecule is CSCC1NCCn2c1nc(C(C)=O)c(O)c2=O.